The Morgan fingerprint density at radius 2 is 1.22 bits per heavy atom. The van der Waals surface area contributed by atoms with Crippen LogP contribution in [0.3, 0.4) is 0 Å². The fourth-order valence-electron chi connectivity index (χ4n) is 4.05. The molecule has 0 aliphatic carbocycles. The quantitative estimate of drug-likeness (QED) is 0.165. The minimum atomic E-state index is -0.278. The monoisotopic (exact) mass is 805 g/mol. The number of aliphatic hydroxyl groups excluding tert-OH is 4. The largest absolute Gasteiger partial charge is 0.545 e. The molecule has 0 radical (unpaired) electrons. The van der Waals surface area contributed by atoms with Gasteiger partial charge >= 0.3 is 0 Å². The minimum absolute atomic E-state index is 0. The second kappa shape index (κ2) is 20.2. The van der Waals surface area contributed by atoms with Crippen LogP contribution in [0.4, 0.5) is 0 Å². The average Bonchev–Trinajstić information content (AvgIpc) is 2.78. The van der Waals surface area contributed by atoms with Crippen LogP contribution in [0.1, 0.15) is 0 Å². The van der Waals surface area contributed by atoms with E-state index in [9.17, 15) is 20.4 Å². The van der Waals surface area contributed by atoms with Gasteiger partial charge in [-0.1, -0.05) is 0 Å². The molecular weight excluding hydrogens is 766 g/mol. The molecule has 0 bridgehead atoms. The number of hydrogen-bond acceptors (Lipinski definition) is 10. The van der Waals surface area contributed by atoms with Crippen LogP contribution in [0.15, 0.2) is 0 Å². The van der Waals surface area contributed by atoms with E-state index in [0.717, 1.165) is 0 Å². The van der Waals surface area contributed by atoms with E-state index in [-0.39, 0.29) is 117 Å². The van der Waals surface area contributed by atoms with Crippen molar-refractivity contribution in [1.29, 1.82) is 0 Å². The van der Waals surface area contributed by atoms with E-state index >= 15 is 0 Å². The molecular formula is C20H39NO9W2-2. The Morgan fingerprint density at radius 1 is 0.719 bits per heavy atom. The average molecular weight is 805 g/mol. The summed E-state index contributed by atoms with van der Waals surface area (Å²) in [5.74, 6) is -0.440. The van der Waals surface area contributed by atoms with E-state index in [0.29, 0.717) is 13.2 Å². The molecule has 0 aromatic rings. The maximum absolute atomic E-state index is 9.33. The molecule has 5 N–H and O–H groups in total. The number of methoxy groups -OCH3 is 4. The van der Waals surface area contributed by atoms with Gasteiger partial charge in [0.25, 0.3) is 0 Å². The van der Waals surface area contributed by atoms with Gasteiger partial charge in [0.05, 0.1) is 19.3 Å². The Hall–Kier alpha value is 0.977. The number of piperidine rings is 1. The predicted octanol–water partition coefficient (Wildman–Crippen LogP) is -1.58. The molecule has 2 aliphatic rings. The van der Waals surface area contributed by atoms with Gasteiger partial charge in [-0.15, -0.1) is 0 Å². The smallest absolute Gasteiger partial charge is 0.0699 e. The Labute approximate surface area is 220 Å². The molecule has 0 spiro atoms. The van der Waals surface area contributed by atoms with Crippen molar-refractivity contribution in [2.75, 3.05) is 68.1 Å². The van der Waals surface area contributed by atoms with E-state index in [1.54, 1.807) is 35.0 Å². The van der Waals surface area contributed by atoms with Gasteiger partial charge in [-0.2, -0.15) is 6.61 Å². The molecule has 8 atom stereocenters. The third kappa shape index (κ3) is 9.92. The zero-order valence-corrected chi connectivity index (χ0v) is 25.0. The number of aliphatic hydroxyl groups is 4. The molecule has 0 amide bonds. The summed E-state index contributed by atoms with van der Waals surface area (Å²) in [6, 6.07) is 0.0311. The van der Waals surface area contributed by atoms with Crippen LogP contribution in [0, 0.1) is 36.8 Å². The van der Waals surface area contributed by atoms with E-state index in [1.165, 1.54) is 0 Å². The predicted molar refractivity (Wildman–Crippen MR) is 108 cm³/mol. The SMILES string of the molecule is COCC1N[CH-]C(OC)C(CO)C1CO.COCC1O[CH-]C(OC)C(CO)C1CO.[W].[W]. The summed E-state index contributed by atoms with van der Waals surface area (Å²) in [5, 5.41) is 40.3. The summed E-state index contributed by atoms with van der Waals surface area (Å²) >= 11 is 0. The normalized spacial score (nSPS) is 34.5. The van der Waals surface area contributed by atoms with E-state index in [2.05, 4.69) is 5.32 Å². The molecule has 2 aliphatic heterocycles. The Balaban J connectivity index is 0. The maximum Gasteiger partial charge on any atom is 0.0699 e. The summed E-state index contributed by atoms with van der Waals surface area (Å²) < 4.78 is 25.9. The van der Waals surface area contributed by atoms with Gasteiger partial charge in [0, 0.05) is 115 Å². The van der Waals surface area contributed by atoms with Crippen molar-refractivity contribution in [3.05, 3.63) is 13.2 Å². The molecule has 10 nitrogen and oxygen atoms in total. The molecule has 2 heterocycles. The zero-order valence-electron chi connectivity index (χ0n) is 19.2. The third-order valence-electron chi connectivity index (χ3n) is 5.87. The van der Waals surface area contributed by atoms with Crippen molar-refractivity contribution in [1.82, 2.24) is 5.32 Å². The fourth-order valence-corrected chi connectivity index (χ4v) is 4.05. The van der Waals surface area contributed by atoms with E-state index in [1.807, 2.05) is 6.54 Å². The van der Waals surface area contributed by atoms with Gasteiger partial charge in [-0.3, -0.25) is 0 Å². The molecule has 0 aromatic heterocycles. The molecule has 192 valence electrons. The molecule has 0 aromatic carbocycles. The second-order valence-electron chi connectivity index (χ2n) is 7.45. The molecule has 2 rings (SSSR count). The third-order valence-corrected chi connectivity index (χ3v) is 5.87. The molecule has 2 fully saturated rings. The summed E-state index contributed by atoms with van der Waals surface area (Å²) in [4.78, 5) is 0. The van der Waals surface area contributed by atoms with Gasteiger partial charge in [-0.05, 0) is 24.0 Å². The van der Waals surface area contributed by atoms with Crippen LogP contribution >= 0.6 is 0 Å². The summed E-state index contributed by atoms with van der Waals surface area (Å²) in [6.07, 6.45) is -0.663. The van der Waals surface area contributed by atoms with Crippen LogP contribution in [0.5, 0.6) is 0 Å². The summed E-state index contributed by atoms with van der Waals surface area (Å²) in [6.45, 7) is 4.22. The van der Waals surface area contributed by atoms with Gasteiger partial charge < -0.3 is 49.4 Å². The van der Waals surface area contributed by atoms with Crippen molar-refractivity contribution in [3.8, 4) is 0 Å². The Kier molecular flexibility index (Phi) is 22.2. The van der Waals surface area contributed by atoms with Crippen molar-refractivity contribution in [3.63, 3.8) is 0 Å². The number of nitrogens with one attached hydrogen (secondary N) is 1. The van der Waals surface area contributed by atoms with E-state index < -0.39 is 0 Å². The topological polar surface area (TPSA) is 139 Å². The minimum Gasteiger partial charge on any atom is -0.545 e. The van der Waals surface area contributed by atoms with Gasteiger partial charge in [-0.25, -0.2) is 6.54 Å². The van der Waals surface area contributed by atoms with Crippen LogP contribution < -0.4 is 5.32 Å². The molecule has 32 heavy (non-hydrogen) atoms. The fraction of sp³-hybridized carbons (Fsp3) is 0.900. The van der Waals surface area contributed by atoms with Crippen LogP contribution in [0.2, 0.25) is 0 Å². The first-order valence-corrected chi connectivity index (χ1v) is 10.1. The molecule has 8 unspecified atom stereocenters. The first-order valence-electron chi connectivity index (χ1n) is 10.1. The standard InChI is InChI=1S/C10H20NO4.C10H19O5.2W/c1-14-6-9-7(4-12)8(5-13)10(15-2)3-11-9;1-13-5-10-8(4-12)7(3-11)9(14-2)6-15-10;;/h3,7-13H,4-6H2,1-2H3;6-12H,3-5H2,1-2H3;;/q2*-1;;. The van der Waals surface area contributed by atoms with E-state index in [4.69, 9.17) is 23.7 Å². The second-order valence-corrected chi connectivity index (χ2v) is 7.45. The van der Waals surface area contributed by atoms with Crippen molar-refractivity contribution >= 4 is 0 Å². The maximum atomic E-state index is 9.33. The first-order chi connectivity index (χ1) is 14.6. The summed E-state index contributed by atoms with van der Waals surface area (Å²) in [7, 11) is 6.34. The number of ether oxygens (including phenoxy) is 5. The van der Waals surface area contributed by atoms with Gasteiger partial charge in [0.1, 0.15) is 0 Å². The van der Waals surface area contributed by atoms with Crippen LogP contribution in [0.25, 0.3) is 0 Å². The molecule has 0 saturated carbocycles. The number of rotatable bonds is 10. The van der Waals surface area contributed by atoms with Gasteiger partial charge in [0.2, 0.25) is 0 Å². The molecule has 12 heteroatoms. The van der Waals surface area contributed by atoms with Crippen molar-refractivity contribution in [2.45, 2.75) is 24.4 Å². The zero-order chi connectivity index (χ0) is 22.5. The van der Waals surface area contributed by atoms with Crippen molar-refractivity contribution in [2.24, 2.45) is 23.7 Å². The number of hydrogen-bond donors (Lipinski definition) is 5. The Morgan fingerprint density at radius 3 is 1.66 bits per heavy atom. The van der Waals surface area contributed by atoms with Gasteiger partial charge in [0.15, 0.2) is 0 Å². The Bertz CT molecular complexity index is 404. The van der Waals surface area contributed by atoms with Crippen molar-refractivity contribution < 1.29 is 86.2 Å². The molecule has 2 saturated heterocycles. The summed E-state index contributed by atoms with van der Waals surface area (Å²) in [5.41, 5.74) is 0. The van der Waals surface area contributed by atoms with Crippen LogP contribution in [-0.2, 0) is 65.8 Å². The van der Waals surface area contributed by atoms with Crippen LogP contribution in [-0.4, -0.2) is 113 Å². The first kappa shape index (κ1) is 35.1.